The van der Waals surface area contributed by atoms with Crippen molar-refractivity contribution in [1.29, 1.82) is 0 Å². The summed E-state index contributed by atoms with van der Waals surface area (Å²) in [7, 11) is 0. The summed E-state index contributed by atoms with van der Waals surface area (Å²) in [5.41, 5.74) is 7.39. The molecule has 0 aliphatic rings. The summed E-state index contributed by atoms with van der Waals surface area (Å²) in [5.74, 6) is 0.738. The second-order valence-corrected chi connectivity index (χ2v) is 5.23. The van der Waals surface area contributed by atoms with Gasteiger partial charge in [0.1, 0.15) is 0 Å². The van der Waals surface area contributed by atoms with E-state index in [1.165, 1.54) is 16.9 Å². The van der Waals surface area contributed by atoms with Gasteiger partial charge in [0, 0.05) is 10.9 Å². The molecular formula is C13H21NS. The molecule has 0 aliphatic carbocycles. The second kappa shape index (κ2) is 6.19. The molecule has 1 rings (SSSR count). The van der Waals surface area contributed by atoms with Crippen LogP contribution in [0.2, 0.25) is 0 Å². The van der Waals surface area contributed by atoms with Crippen LogP contribution in [0.15, 0.2) is 29.2 Å². The highest BCUT2D eigenvalue weighted by Gasteiger charge is 2.06. The third-order valence-corrected chi connectivity index (χ3v) is 3.34. The molecule has 84 valence electrons. The fraction of sp³-hybridized carbons (Fsp3) is 0.538. The largest absolute Gasteiger partial charge is 0.324 e. The van der Waals surface area contributed by atoms with Gasteiger partial charge in [0.25, 0.3) is 0 Å². The Balaban J connectivity index is 2.54. The number of benzene rings is 1. The minimum absolute atomic E-state index is 0.198. The number of hydrogen-bond donors (Lipinski definition) is 1. The maximum absolute atomic E-state index is 6.13. The van der Waals surface area contributed by atoms with Gasteiger partial charge in [0.05, 0.1) is 0 Å². The van der Waals surface area contributed by atoms with Crippen LogP contribution in [0.4, 0.5) is 0 Å². The van der Waals surface area contributed by atoms with Crippen LogP contribution in [0.25, 0.3) is 0 Å². The molecular weight excluding hydrogens is 202 g/mol. The van der Waals surface area contributed by atoms with Gasteiger partial charge >= 0.3 is 0 Å². The van der Waals surface area contributed by atoms with Crippen LogP contribution >= 0.6 is 11.8 Å². The van der Waals surface area contributed by atoms with Crippen molar-refractivity contribution in [3.05, 3.63) is 29.8 Å². The molecule has 2 heteroatoms. The van der Waals surface area contributed by atoms with Crippen molar-refractivity contribution in [1.82, 2.24) is 0 Å². The van der Waals surface area contributed by atoms with E-state index in [1.807, 2.05) is 0 Å². The minimum atomic E-state index is 0.198. The number of hydrogen-bond acceptors (Lipinski definition) is 2. The lowest BCUT2D eigenvalue weighted by Gasteiger charge is -2.13. The number of nitrogens with two attached hydrogens (primary N) is 1. The first-order valence-electron chi connectivity index (χ1n) is 5.53. The Labute approximate surface area is 97.4 Å². The molecule has 0 bridgehead atoms. The van der Waals surface area contributed by atoms with Crippen molar-refractivity contribution in [2.45, 2.75) is 37.6 Å². The van der Waals surface area contributed by atoms with Gasteiger partial charge in [0.2, 0.25) is 0 Å². The topological polar surface area (TPSA) is 26.0 Å². The average molecular weight is 223 g/mol. The zero-order chi connectivity index (χ0) is 11.3. The SMILES string of the molecule is CSc1ccc([C@@H](N)CCC(C)C)cc1. The van der Waals surface area contributed by atoms with Crippen LogP contribution in [0, 0.1) is 5.92 Å². The monoisotopic (exact) mass is 223 g/mol. The Morgan fingerprint density at radius 2 is 1.73 bits per heavy atom. The van der Waals surface area contributed by atoms with Crippen molar-refractivity contribution in [3.8, 4) is 0 Å². The van der Waals surface area contributed by atoms with E-state index in [0.29, 0.717) is 0 Å². The van der Waals surface area contributed by atoms with Gasteiger partial charge in [-0.05, 0) is 42.7 Å². The maximum atomic E-state index is 6.13. The molecule has 0 aliphatic heterocycles. The Bertz CT molecular complexity index is 279. The van der Waals surface area contributed by atoms with Crippen molar-refractivity contribution in [3.63, 3.8) is 0 Å². The van der Waals surface area contributed by atoms with E-state index in [2.05, 4.69) is 44.4 Å². The van der Waals surface area contributed by atoms with Gasteiger partial charge in [-0.15, -0.1) is 11.8 Å². The predicted molar refractivity (Wildman–Crippen MR) is 69.2 cm³/mol. The zero-order valence-electron chi connectivity index (χ0n) is 9.86. The summed E-state index contributed by atoms with van der Waals surface area (Å²) in [5, 5.41) is 0. The Kier molecular flexibility index (Phi) is 5.20. The molecule has 1 aromatic rings. The van der Waals surface area contributed by atoms with E-state index in [9.17, 15) is 0 Å². The summed E-state index contributed by atoms with van der Waals surface area (Å²) in [4.78, 5) is 1.30. The number of rotatable bonds is 5. The van der Waals surface area contributed by atoms with E-state index < -0.39 is 0 Å². The maximum Gasteiger partial charge on any atom is 0.0294 e. The standard InChI is InChI=1S/C13H21NS/c1-10(2)4-9-13(14)11-5-7-12(15-3)8-6-11/h5-8,10,13H,4,9,14H2,1-3H3/t13-/m0/s1. The summed E-state index contributed by atoms with van der Waals surface area (Å²) < 4.78 is 0. The highest BCUT2D eigenvalue weighted by Crippen LogP contribution is 2.21. The normalized spacial score (nSPS) is 13.1. The lowest BCUT2D eigenvalue weighted by molar-refractivity contribution is 0.507. The van der Waals surface area contributed by atoms with E-state index in [4.69, 9.17) is 5.73 Å². The van der Waals surface area contributed by atoms with E-state index in [0.717, 1.165) is 12.3 Å². The first-order valence-corrected chi connectivity index (χ1v) is 6.75. The van der Waals surface area contributed by atoms with Crippen LogP contribution in [0.5, 0.6) is 0 Å². The van der Waals surface area contributed by atoms with Crippen LogP contribution in [-0.4, -0.2) is 6.26 Å². The molecule has 15 heavy (non-hydrogen) atoms. The molecule has 0 unspecified atom stereocenters. The van der Waals surface area contributed by atoms with Crippen molar-refractivity contribution < 1.29 is 0 Å². The van der Waals surface area contributed by atoms with Crippen LogP contribution in [0.1, 0.15) is 38.3 Å². The summed E-state index contributed by atoms with van der Waals surface area (Å²) in [6.45, 7) is 4.48. The Morgan fingerprint density at radius 3 is 2.20 bits per heavy atom. The van der Waals surface area contributed by atoms with Crippen molar-refractivity contribution in [2.75, 3.05) is 6.26 Å². The highest BCUT2D eigenvalue weighted by molar-refractivity contribution is 7.98. The van der Waals surface area contributed by atoms with Crippen molar-refractivity contribution >= 4 is 11.8 Å². The third-order valence-electron chi connectivity index (χ3n) is 2.60. The minimum Gasteiger partial charge on any atom is -0.324 e. The molecule has 0 amide bonds. The lowest BCUT2D eigenvalue weighted by atomic mass is 9.98. The Hall–Kier alpha value is -0.470. The summed E-state index contributed by atoms with van der Waals surface area (Å²) >= 11 is 1.77. The van der Waals surface area contributed by atoms with E-state index >= 15 is 0 Å². The molecule has 1 atom stereocenters. The Morgan fingerprint density at radius 1 is 1.13 bits per heavy atom. The third kappa shape index (κ3) is 4.27. The van der Waals surface area contributed by atoms with E-state index in [-0.39, 0.29) is 6.04 Å². The quantitative estimate of drug-likeness (QED) is 0.767. The zero-order valence-corrected chi connectivity index (χ0v) is 10.7. The summed E-state index contributed by atoms with van der Waals surface area (Å²) in [6.07, 6.45) is 4.37. The fourth-order valence-corrected chi connectivity index (χ4v) is 1.94. The molecule has 0 saturated carbocycles. The van der Waals surface area contributed by atoms with Gasteiger partial charge in [0.15, 0.2) is 0 Å². The highest BCUT2D eigenvalue weighted by atomic mass is 32.2. The number of thioether (sulfide) groups is 1. The van der Waals surface area contributed by atoms with Crippen LogP contribution < -0.4 is 5.73 Å². The van der Waals surface area contributed by atoms with Gasteiger partial charge in [-0.3, -0.25) is 0 Å². The van der Waals surface area contributed by atoms with Gasteiger partial charge in [-0.2, -0.15) is 0 Å². The lowest BCUT2D eigenvalue weighted by Crippen LogP contribution is -2.11. The smallest absolute Gasteiger partial charge is 0.0294 e. The van der Waals surface area contributed by atoms with Crippen LogP contribution in [0.3, 0.4) is 0 Å². The van der Waals surface area contributed by atoms with Gasteiger partial charge in [-0.25, -0.2) is 0 Å². The fourth-order valence-electron chi connectivity index (χ4n) is 1.53. The molecule has 0 heterocycles. The van der Waals surface area contributed by atoms with Crippen LogP contribution in [-0.2, 0) is 0 Å². The van der Waals surface area contributed by atoms with Gasteiger partial charge in [-0.1, -0.05) is 26.0 Å². The first kappa shape index (κ1) is 12.6. The predicted octanol–water partition coefficient (Wildman–Crippen LogP) is 3.84. The molecule has 0 spiro atoms. The molecule has 1 aromatic carbocycles. The first-order chi connectivity index (χ1) is 7.13. The average Bonchev–Trinajstić information content (AvgIpc) is 2.26. The molecule has 2 N–H and O–H groups in total. The summed E-state index contributed by atoms with van der Waals surface area (Å²) in [6, 6.07) is 8.79. The molecule has 0 aromatic heterocycles. The molecule has 0 fully saturated rings. The second-order valence-electron chi connectivity index (χ2n) is 4.35. The molecule has 0 radical (unpaired) electrons. The van der Waals surface area contributed by atoms with E-state index in [1.54, 1.807) is 11.8 Å². The molecule has 0 saturated heterocycles. The van der Waals surface area contributed by atoms with Crippen molar-refractivity contribution in [2.24, 2.45) is 11.7 Å². The van der Waals surface area contributed by atoms with Gasteiger partial charge < -0.3 is 5.73 Å². The molecule has 1 nitrogen and oxygen atoms in total.